The Balaban J connectivity index is 1.78. The van der Waals surface area contributed by atoms with Crippen molar-refractivity contribution in [2.75, 3.05) is 13.1 Å². The number of nitrogens with one attached hydrogen (secondary N) is 1. The third-order valence-electron chi connectivity index (χ3n) is 3.38. The topological polar surface area (TPSA) is 95.2 Å². The number of likely N-dealkylation sites (tertiary alicyclic amines) is 1. The molecule has 2 aromatic rings. The minimum atomic E-state index is -0.908. The van der Waals surface area contributed by atoms with Crippen LogP contribution in [0.15, 0.2) is 16.8 Å². The van der Waals surface area contributed by atoms with E-state index in [2.05, 4.69) is 15.1 Å². The van der Waals surface area contributed by atoms with Gasteiger partial charge in [0.05, 0.1) is 5.02 Å². The van der Waals surface area contributed by atoms with Crippen molar-refractivity contribution < 1.29 is 14.4 Å². The number of piperidine rings is 1. The standard InChI is InChI=1S/C12H13ClN4O3/c13-8-4-9(14-5-8)11-15-10(16-20-11)7-2-1-3-17(6-7)12(18)19/h4-5,7,14H,1-3,6H2,(H,18,19)/t7-/m0/s1. The maximum atomic E-state index is 11.0. The van der Waals surface area contributed by atoms with Crippen molar-refractivity contribution in [1.82, 2.24) is 20.0 Å². The Morgan fingerprint density at radius 3 is 3.15 bits per heavy atom. The molecule has 1 saturated heterocycles. The molecule has 7 nitrogen and oxygen atoms in total. The van der Waals surface area contributed by atoms with Crippen LogP contribution in [0.3, 0.4) is 0 Å². The summed E-state index contributed by atoms with van der Waals surface area (Å²) < 4.78 is 5.20. The minimum Gasteiger partial charge on any atom is -0.465 e. The van der Waals surface area contributed by atoms with Crippen molar-refractivity contribution in [2.45, 2.75) is 18.8 Å². The summed E-state index contributed by atoms with van der Waals surface area (Å²) in [6.07, 6.45) is 2.38. The molecule has 1 aliphatic heterocycles. The van der Waals surface area contributed by atoms with Crippen molar-refractivity contribution in [3.8, 4) is 11.6 Å². The molecule has 0 unspecified atom stereocenters. The van der Waals surface area contributed by atoms with E-state index in [0.717, 1.165) is 12.8 Å². The molecule has 2 aromatic heterocycles. The zero-order valence-corrected chi connectivity index (χ0v) is 11.3. The molecular formula is C12H13ClN4O3. The number of aromatic nitrogens is 3. The predicted molar refractivity (Wildman–Crippen MR) is 70.7 cm³/mol. The van der Waals surface area contributed by atoms with Crippen LogP contribution in [-0.4, -0.2) is 44.3 Å². The number of H-pyrrole nitrogens is 1. The second-order valence-electron chi connectivity index (χ2n) is 4.76. The van der Waals surface area contributed by atoms with Crippen LogP contribution < -0.4 is 0 Å². The Labute approximate surface area is 119 Å². The number of carbonyl (C=O) groups is 1. The highest BCUT2D eigenvalue weighted by atomic mass is 35.5. The second kappa shape index (κ2) is 5.16. The Bertz CT molecular complexity index is 624. The van der Waals surface area contributed by atoms with Crippen LogP contribution in [0.25, 0.3) is 11.6 Å². The van der Waals surface area contributed by atoms with E-state index in [0.29, 0.717) is 35.5 Å². The molecule has 0 spiro atoms. The lowest BCUT2D eigenvalue weighted by Gasteiger charge is -2.28. The highest BCUT2D eigenvalue weighted by Gasteiger charge is 2.28. The van der Waals surface area contributed by atoms with Gasteiger partial charge in [-0.1, -0.05) is 16.8 Å². The molecular weight excluding hydrogens is 284 g/mol. The normalized spacial score (nSPS) is 19.2. The van der Waals surface area contributed by atoms with Crippen molar-refractivity contribution >= 4 is 17.7 Å². The first-order valence-electron chi connectivity index (χ1n) is 6.29. The highest BCUT2D eigenvalue weighted by Crippen LogP contribution is 2.27. The van der Waals surface area contributed by atoms with Gasteiger partial charge in [-0.2, -0.15) is 4.98 Å². The van der Waals surface area contributed by atoms with Crippen molar-refractivity contribution in [3.63, 3.8) is 0 Å². The van der Waals surface area contributed by atoms with E-state index in [1.807, 2.05) is 0 Å². The number of carboxylic acid groups (broad SMARTS) is 1. The van der Waals surface area contributed by atoms with Crippen LogP contribution in [0.1, 0.15) is 24.6 Å². The van der Waals surface area contributed by atoms with Gasteiger partial charge in [-0.25, -0.2) is 4.79 Å². The molecule has 0 bridgehead atoms. The molecule has 1 fully saturated rings. The molecule has 1 atom stereocenters. The number of hydrogen-bond acceptors (Lipinski definition) is 4. The Hall–Kier alpha value is -2.02. The molecule has 0 saturated carbocycles. The lowest BCUT2D eigenvalue weighted by atomic mass is 9.98. The van der Waals surface area contributed by atoms with Crippen molar-refractivity contribution in [1.29, 1.82) is 0 Å². The molecule has 0 aromatic carbocycles. The smallest absolute Gasteiger partial charge is 0.407 e. The van der Waals surface area contributed by atoms with Gasteiger partial charge in [0.15, 0.2) is 5.82 Å². The summed E-state index contributed by atoms with van der Waals surface area (Å²) in [4.78, 5) is 19.6. The molecule has 106 valence electrons. The van der Waals surface area contributed by atoms with Gasteiger partial charge in [-0.3, -0.25) is 0 Å². The minimum absolute atomic E-state index is 0.0252. The number of nitrogens with zero attached hydrogens (tertiary/aromatic N) is 3. The molecule has 8 heteroatoms. The van der Waals surface area contributed by atoms with Crippen LogP contribution >= 0.6 is 11.6 Å². The van der Waals surface area contributed by atoms with E-state index in [1.165, 1.54) is 4.90 Å². The van der Waals surface area contributed by atoms with Crippen LogP contribution in [0, 0.1) is 0 Å². The number of aromatic amines is 1. The lowest BCUT2D eigenvalue weighted by molar-refractivity contribution is 0.129. The highest BCUT2D eigenvalue weighted by molar-refractivity contribution is 6.30. The predicted octanol–water partition coefficient (Wildman–Crippen LogP) is 2.58. The van der Waals surface area contributed by atoms with Gasteiger partial charge in [0.2, 0.25) is 0 Å². The summed E-state index contributed by atoms with van der Waals surface area (Å²) in [7, 11) is 0. The van der Waals surface area contributed by atoms with Crippen LogP contribution in [0.2, 0.25) is 5.02 Å². The quantitative estimate of drug-likeness (QED) is 0.888. The average Bonchev–Trinajstić information content (AvgIpc) is 3.07. The third-order valence-corrected chi connectivity index (χ3v) is 3.60. The van der Waals surface area contributed by atoms with Crippen LogP contribution in [0.5, 0.6) is 0 Å². The Morgan fingerprint density at radius 2 is 2.45 bits per heavy atom. The van der Waals surface area contributed by atoms with E-state index in [-0.39, 0.29) is 5.92 Å². The summed E-state index contributed by atoms with van der Waals surface area (Å²) in [5.41, 5.74) is 0.652. The number of amides is 1. The SMILES string of the molecule is O=C(O)N1CCC[C@H](c2noc(-c3cc(Cl)c[nH]3)n2)C1. The first-order chi connectivity index (χ1) is 9.63. The summed E-state index contributed by atoms with van der Waals surface area (Å²) in [6, 6.07) is 1.70. The molecule has 1 aliphatic rings. The first kappa shape index (κ1) is 13.0. The Kier molecular flexibility index (Phi) is 3.35. The summed E-state index contributed by atoms with van der Waals surface area (Å²) >= 11 is 5.83. The molecule has 3 heterocycles. The zero-order valence-electron chi connectivity index (χ0n) is 10.5. The number of halogens is 1. The fourth-order valence-corrected chi connectivity index (χ4v) is 2.53. The second-order valence-corrected chi connectivity index (χ2v) is 5.19. The van der Waals surface area contributed by atoms with Gasteiger partial charge >= 0.3 is 6.09 Å². The molecule has 1 amide bonds. The van der Waals surface area contributed by atoms with E-state index in [4.69, 9.17) is 21.2 Å². The van der Waals surface area contributed by atoms with Crippen molar-refractivity contribution in [2.24, 2.45) is 0 Å². The largest absolute Gasteiger partial charge is 0.465 e. The van der Waals surface area contributed by atoms with Gasteiger partial charge in [0.25, 0.3) is 5.89 Å². The molecule has 0 aliphatic carbocycles. The fraction of sp³-hybridized carbons (Fsp3) is 0.417. The maximum absolute atomic E-state index is 11.0. The maximum Gasteiger partial charge on any atom is 0.407 e. The lowest BCUT2D eigenvalue weighted by Crippen LogP contribution is -2.38. The van der Waals surface area contributed by atoms with Gasteiger partial charge in [0, 0.05) is 25.2 Å². The van der Waals surface area contributed by atoms with Gasteiger partial charge in [0.1, 0.15) is 5.69 Å². The van der Waals surface area contributed by atoms with Gasteiger partial charge < -0.3 is 19.5 Å². The summed E-state index contributed by atoms with van der Waals surface area (Å²) in [5, 5.41) is 13.5. The summed E-state index contributed by atoms with van der Waals surface area (Å²) in [6.45, 7) is 0.961. The summed E-state index contributed by atoms with van der Waals surface area (Å²) in [5.74, 6) is 0.874. The van der Waals surface area contributed by atoms with Crippen molar-refractivity contribution in [3.05, 3.63) is 23.1 Å². The number of rotatable bonds is 2. The van der Waals surface area contributed by atoms with Gasteiger partial charge in [-0.05, 0) is 18.9 Å². The average molecular weight is 297 g/mol. The number of hydrogen-bond donors (Lipinski definition) is 2. The molecule has 20 heavy (non-hydrogen) atoms. The van der Waals surface area contributed by atoms with Crippen LogP contribution in [0.4, 0.5) is 4.79 Å². The van der Waals surface area contributed by atoms with E-state index >= 15 is 0 Å². The first-order valence-corrected chi connectivity index (χ1v) is 6.67. The van der Waals surface area contributed by atoms with Crippen LogP contribution in [-0.2, 0) is 0 Å². The molecule has 3 rings (SSSR count). The van der Waals surface area contributed by atoms with E-state index < -0.39 is 6.09 Å². The molecule has 0 radical (unpaired) electrons. The molecule has 2 N–H and O–H groups in total. The van der Waals surface area contributed by atoms with E-state index in [1.54, 1.807) is 12.3 Å². The fourth-order valence-electron chi connectivity index (χ4n) is 2.36. The monoisotopic (exact) mass is 296 g/mol. The third kappa shape index (κ3) is 2.49. The van der Waals surface area contributed by atoms with Gasteiger partial charge in [-0.15, -0.1) is 0 Å². The Morgan fingerprint density at radius 1 is 1.60 bits per heavy atom. The zero-order chi connectivity index (χ0) is 14.1. The van der Waals surface area contributed by atoms with E-state index in [9.17, 15) is 4.79 Å².